The third-order valence-corrected chi connectivity index (χ3v) is 8.25. The minimum Gasteiger partial charge on any atom is -0.463 e. The lowest BCUT2D eigenvalue weighted by atomic mass is 9.90. The van der Waals surface area contributed by atoms with Crippen LogP contribution in [0, 0.1) is 11.7 Å². The highest BCUT2D eigenvalue weighted by Gasteiger charge is 2.42. The Morgan fingerprint density at radius 2 is 1.79 bits per heavy atom. The van der Waals surface area contributed by atoms with Gasteiger partial charge in [0.05, 0.1) is 30.3 Å². The van der Waals surface area contributed by atoms with Crippen LogP contribution in [-0.2, 0) is 20.7 Å². The zero-order valence-corrected chi connectivity index (χ0v) is 22.5. The molecule has 3 aliphatic heterocycles. The van der Waals surface area contributed by atoms with Crippen molar-refractivity contribution in [1.29, 1.82) is 0 Å². The first-order valence-corrected chi connectivity index (χ1v) is 14.0. The lowest BCUT2D eigenvalue weighted by Crippen LogP contribution is -2.41. The van der Waals surface area contributed by atoms with Gasteiger partial charge in [-0.2, -0.15) is 0 Å². The quantitative estimate of drug-likeness (QED) is 0.419. The van der Waals surface area contributed by atoms with Crippen LogP contribution in [0.2, 0.25) is 0 Å². The molecule has 3 aliphatic rings. The number of hydrogen-bond donors (Lipinski definition) is 0. The Balaban J connectivity index is 1.32. The molecule has 0 N–H and O–H groups in total. The van der Waals surface area contributed by atoms with Gasteiger partial charge in [-0.25, -0.2) is 14.2 Å². The smallest absolute Gasteiger partial charge is 0.338 e. The maximum atomic E-state index is 15.1. The van der Waals surface area contributed by atoms with Crippen LogP contribution in [0.25, 0.3) is 0 Å². The maximum absolute atomic E-state index is 15.1. The van der Waals surface area contributed by atoms with Crippen LogP contribution < -0.4 is 0 Å². The second kappa shape index (κ2) is 11.6. The largest absolute Gasteiger partial charge is 0.463 e. The van der Waals surface area contributed by atoms with E-state index in [1.807, 2.05) is 21.3 Å². The molecule has 0 aliphatic carbocycles. The van der Waals surface area contributed by atoms with Crippen molar-refractivity contribution < 1.29 is 18.7 Å². The van der Waals surface area contributed by atoms with Crippen LogP contribution in [0.15, 0.2) is 82.0 Å². The van der Waals surface area contributed by atoms with Crippen molar-refractivity contribution in [2.45, 2.75) is 45.6 Å². The van der Waals surface area contributed by atoms with Gasteiger partial charge in [-0.15, -0.1) is 0 Å². The topological polar surface area (TPSA) is 62.2 Å². The number of aliphatic imine (C=N–C) groups is 1. The Kier molecular flexibility index (Phi) is 7.98. The molecule has 1 atom stereocenters. The molecule has 0 unspecified atom stereocenters. The van der Waals surface area contributed by atoms with E-state index in [9.17, 15) is 9.59 Å². The number of hydrogen-bond acceptors (Lipinski definition) is 6. The number of likely N-dealkylation sites (tertiary alicyclic amines) is 1. The second-order valence-corrected chi connectivity index (χ2v) is 10.7. The van der Waals surface area contributed by atoms with Crippen molar-refractivity contribution >= 4 is 28.8 Å². The summed E-state index contributed by atoms with van der Waals surface area (Å²) >= 11 is 1.39. The fourth-order valence-corrected chi connectivity index (χ4v) is 6.40. The predicted octanol–water partition coefficient (Wildman–Crippen LogP) is 5.84. The Hall–Kier alpha value is -3.39. The molecule has 0 saturated carbocycles. The average molecular weight is 534 g/mol. The van der Waals surface area contributed by atoms with Crippen LogP contribution in [0.4, 0.5) is 4.39 Å². The fraction of sp³-hybridized carbons (Fsp3) is 0.367. The van der Waals surface area contributed by atoms with E-state index < -0.39 is 17.8 Å². The van der Waals surface area contributed by atoms with Crippen LogP contribution in [0.3, 0.4) is 0 Å². The first kappa shape index (κ1) is 26.2. The van der Waals surface area contributed by atoms with Crippen LogP contribution in [-0.4, -0.2) is 46.5 Å². The number of piperidine rings is 1. The minimum absolute atomic E-state index is 0.0347. The van der Waals surface area contributed by atoms with E-state index in [1.165, 1.54) is 23.4 Å². The van der Waals surface area contributed by atoms with E-state index in [0.717, 1.165) is 32.4 Å². The number of amidine groups is 1. The summed E-state index contributed by atoms with van der Waals surface area (Å²) in [7, 11) is 0. The molecular formula is C30H32FN3O3S. The number of nitrogens with zero attached hydrogens (tertiary/aromatic N) is 3. The average Bonchev–Trinajstić information content (AvgIpc) is 3.31. The molecule has 0 bridgehead atoms. The van der Waals surface area contributed by atoms with Gasteiger partial charge in [0.15, 0.2) is 5.17 Å². The first-order valence-electron chi connectivity index (χ1n) is 13.1. The Morgan fingerprint density at radius 1 is 1.08 bits per heavy atom. The molecule has 2 aromatic rings. The number of thioether (sulfide) groups is 1. The number of ether oxygens (including phenoxy) is 1. The predicted molar refractivity (Wildman–Crippen MR) is 147 cm³/mol. The van der Waals surface area contributed by atoms with Crippen molar-refractivity contribution in [2.24, 2.45) is 10.9 Å². The van der Waals surface area contributed by atoms with E-state index in [0.29, 0.717) is 33.6 Å². The highest BCUT2D eigenvalue weighted by atomic mass is 32.2. The highest BCUT2D eigenvalue weighted by Crippen LogP contribution is 2.45. The third-order valence-electron chi connectivity index (χ3n) is 7.36. The minimum atomic E-state index is -0.756. The molecule has 0 radical (unpaired) electrons. The monoisotopic (exact) mass is 533 g/mol. The molecular weight excluding hydrogens is 501 g/mol. The molecule has 8 heteroatoms. The molecule has 38 heavy (non-hydrogen) atoms. The number of benzene rings is 2. The van der Waals surface area contributed by atoms with Crippen molar-refractivity contribution in [3.63, 3.8) is 0 Å². The summed E-state index contributed by atoms with van der Waals surface area (Å²) in [5.74, 6) is -0.345. The standard InChI is InChI=1S/C30H32FN3O3S/c1-3-37-29(36)27-20(2)32-30-34(28(27)24-11-7-8-12-25(24)31)23(19-38-30)18-26(35)33-15-13-22(14-16-33)17-21-9-5-4-6-10-21/h4-12,19,22,28H,3,13-18H2,1-2H3/t28-/m0/s1. The van der Waals surface area contributed by atoms with Gasteiger partial charge >= 0.3 is 5.97 Å². The third kappa shape index (κ3) is 5.41. The number of fused-ring (bicyclic) bond motifs is 1. The zero-order chi connectivity index (χ0) is 26.6. The van der Waals surface area contributed by atoms with E-state index in [2.05, 4.69) is 29.3 Å². The van der Waals surface area contributed by atoms with Gasteiger partial charge in [0.25, 0.3) is 0 Å². The molecule has 0 spiro atoms. The summed E-state index contributed by atoms with van der Waals surface area (Å²) < 4.78 is 20.5. The van der Waals surface area contributed by atoms with Crippen LogP contribution in [0.1, 0.15) is 50.3 Å². The Labute approximate surface area is 227 Å². The second-order valence-electron chi connectivity index (χ2n) is 9.83. The molecule has 0 aromatic heterocycles. The van der Waals surface area contributed by atoms with Gasteiger partial charge in [0.2, 0.25) is 5.91 Å². The summed E-state index contributed by atoms with van der Waals surface area (Å²) in [6.07, 6.45) is 3.13. The summed E-state index contributed by atoms with van der Waals surface area (Å²) in [4.78, 5) is 34.9. The Morgan fingerprint density at radius 3 is 2.50 bits per heavy atom. The van der Waals surface area contributed by atoms with Crippen molar-refractivity contribution in [1.82, 2.24) is 9.80 Å². The van der Waals surface area contributed by atoms with Crippen LogP contribution in [0.5, 0.6) is 0 Å². The van der Waals surface area contributed by atoms with E-state index >= 15 is 4.39 Å². The van der Waals surface area contributed by atoms with Crippen molar-refractivity contribution in [2.75, 3.05) is 19.7 Å². The molecule has 5 rings (SSSR count). The number of esters is 1. The maximum Gasteiger partial charge on any atom is 0.338 e. The number of rotatable bonds is 7. The number of carbonyl (C=O) groups excluding carboxylic acids is 2. The fourth-order valence-electron chi connectivity index (χ4n) is 5.43. The molecule has 6 nitrogen and oxygen atoms in total. The molecule has 1 amide bonds. The molecule has 2 aromatic carbocycles. The van der Waals surface area contributed by atoms with Gasteiger partial charge in [0.1, 0.15) is 5.82 Å². The van der Waals surface area contributed by atoms with Gasteiger partial charge in [-0.1, -0.05) is 60.3 Å². The summed E-state index contributed by atoms with van der Waals surface area (Å²) in [5, 5.41) is 2.53. The number of halogens is 1. The SMILES string of the molecule is CCOC(=O)C1=C(C)N=C2SC=C(CC(=O)N3CCC(Cc4ccccc4)CC3)N2[C@H]1c1ccccc1F. The number of carbonyl (C=O) groups is 2. The molecule has 198 valence electrons. The van der Waals surface area contributed by atoms with E-state index in [4.69, 9.17) is 4.74 Å². The summed E-state index contributed by atoms with van der Waals surface area (Å²) in [5.41, 5.74) is 3.19. The van der Waals surface area contributed by atoms with Crippen molar-refractivity contribution in [3.05, 3.63) is 93.9 Å². The molecule has 1 saturated heterocycles. The summed E-state index contributed by atoms with van der Waals surface area (Å²) in [6, 6.07) is 16.2. The molecule has 3 heterocycles. The lowest BCUT2D eigenvalue weighted by molar-refractivity contribution is -0.139. The lowest BCUT2D eigenvalue weighted by Gasteiger charge is -2.37. The van der Waals surface area contributed by atoms with Gasteiger partial charge < -0.3 is 14.5 Å². The highest BCUT2D eigenvalue weighted by molar-refractivity contribution is 8.16. The zero-order valence-electron chi connectivity index (χ0n) is 21.7. The first-order chi connectivity index (χ1) is 18.5. The summed E-state index contributed by atoms with van der Waals surface area (Å²) in [6.45, 7) is 5.13. The van der Waals surface area contributed by atoms with E-state index in [-0.39, 0.29) is 18.9 Å². The molecule has 1 fully saturated rings. The van der Waals surface area contributed by atoms with Gasteiger partial charge in [0, 0.05) is 24.4 Å². The van der Waals surface area contributed by atoms with Crippen LogP contribution >= 0.6 is 11.8 Å². The van der Waals surface area contributed by atoms with Crippen molar-refractivity contribution in [3.8, 4) is 0 Å². The van der Waals surface area contributed by atoms with Gasteiger partial charge in [-0.3, -0.25) is 4.79 Å². The number of amides is 1. The van der Waals surface area contributed by atoms with Gasteiger partial charge in [-0.05, 0) is 56.1 Å². The number of allylic oxidation sites excluding steroid dienone is 1. The normalized spacial score (nSPS) is 19.7. The Bertz CT molecular complexity index is 1300. The van der Waals surface area contributed by atoms with E-state index in [1.54, 1.807) is 32.0 Å².